The number of carbonyl (C=O) groups is 2. The SMILES string of the molecule is NC(=O)Nc1sc(Cc2cc(F)ccc2F)cc1C(N)=O. The van der Waals surface area contributed by atoms with Gasteiger partial charge in [-0.05, 0) is 29.8 Å². The van der Waals surface area contributed by atoms with Gasteiger partial charge in [-0.25, -0.2) is 13.6 Å². The zero-order chi connectivity index (χ0) is 15.6. The molecular formula is C13H11F2N3O2S. The molecule has 5 nitrogen and oxygen atoms in total. The van der Waals surface area contributed by atoms with Crippen LogP contribution in [0.4, 0.5) is 18.6 Å². The molecule has 0 saturated heterocycles. The molecule has 3 amide bonds. The van der Waals surface area contributed by atoms with Crippen molar-refractivity contribution in [3.63, 3.8) is 0 Å². The first-order valence-corrected chi connectivity index (χ1v) is 6.61. The highest BCUT2D eigenvalue weighted by Gasteiger charge is 2.16. The number of primary amides is 2. The van der Waals surface area contributed by atoms with Gasteiger partial charge in [-0.2, -0.15) is 0 Å². The molecule has 5 N–H and O–H groups in total. The van der Waals surface area contributed by atoms with E-state index in [0.29, 0.717) is 4.88 Å². The lowest BCUT2D eigenvalue weighted by Crippen LogP contribution is -2.21. The van der Waals surface area contributed by atoms with Crippen LogP contribution >= 0.6 is 11.3 Å². The number of urea groups is 1. The number of hydrogen-bond acceptors (Lipinski definition) is 3. The first-order chi connectivity index (χ1) is 9.86. The Hall–Kier alpha value is -2.48. The summed E-state index contributed by atoms with van der Waals surface area (Å²) in [7, 11) is 0. The number of benzene rings is 1. The average Bonchev–Trinajstić information content (AvgIpc) is 2.76. The number of rotatable bonds is 4. The lowest BCUT2D eigenvalue weighted by atomic mass is 10.1. The van der Waals surface area contributed by atoms with Gasteiger partial charge in [0.25, 0.3) is 5.91 Å². The van der Waals surface area contributed by atoms with Gasteiger partial charge in [0.15, 0.2) is 0 Å². The Morgan fingerprint density at radius 3 is 2.52 bits per heavy atom. The third-order valence-corrected chi connectivity index (χ3v) is 3.71. The fourth-order valence-electron chi connectivity index (χ4n) is 1.78. The van der Waals surface area contributed by atoms with Gasteiger partial charge in [-0.15, -0.1) is 11.3 Å². The monoisotopic (exact) mass is 311 g/mol. The minimum atomic E-state index is -0.845. The maximum atomic E-state index is 13.6. The highest BCUT2D eigenvalue weighted by molar-refractivity contribution is 7.16. The summed E-state index contributed by atoms with van der Waals surface area (Å²) in [4.78, 5) is 22.7. The fourth-order valence-corrected chi connectivity index (χ4v) is 2.87. The number of thiophene rings is 1. The summed E-state index contributed by atoms with van der Waals surface area (Å²) < 4.78 is 26.7. The summed E-state index contributed by atoms with van der Waals surface area (Å²) in [5.74, 6) is -1.87. The summed E-state index contributed by atoms with van der Waals surface area (Å²) in [6, 6.07) is 3.68. The van der Waals surface area contributed by atoms with Crippen molar-refractivity contribution in [3.8, 4) is 0 Å². The van der Waals surface area contributed by atoms with Gasteiger partial charge in [0, 0.05) is 11.3 Å². The van der Waals surface area contributed by atoms with Gasteiger partial charge in [0.05, 0.1) is 5.56 Å². The Bertz CT molecular complexity index is 715. The number of hydrogen-bond donors (Lipinski definition) is 3. The summed E-state index contributed by atoms with van der Waals surface area (Å²) in [5, 5.41) is 2.46. The van der Waals surface area contributed by atoms with Crippen LogP contribution in [0.2, 0.25) is 0 Å². The van der Waals surface area contributed by atoms with E-state index in [1.54, 1.807) is 0 Å². The highest BCUT2D eigenvalue weighted by atomic mass is 32.1. The van der Waals surface area contributed by atoms with Crippen LogP contribution in [0.15, 0.2) is 24.3 Å². The molecule has 0 unspecified atom stereocenters. The van der Waals surface area contributed by atoms with Crippen LogP contribution in [0, 0.1) is 11.6 Å². The number of nitrogens with two attached hydrogens (primary N) is 2. The summed E-state index contributed by atoms with van der Waals surface area (Å²) in [5.41, 5.74) is 10.4. The van der Waals surface area contributed by atoms with Gasteiger partial charge >= 0.3 is 6.03 Å². The highest BCUT2D eigenvalue weighted by Crippen LogP contribution is 2.30. The Morgan fingerprint density at radius 2 is 1.90 bits per heavy atom. The van der Waals surface area contributed by atoms with Gasteiger partial charge in [-0.3, -0.25) is 10.1 Å². The molecule has 0 saturated carbocycles. The quantitative estimate of drug-likeness (QED) is 0.806. The second kappa shape index (κ2) is 5.88. The van der Waals surface area contributed by atoms with E-state index in [1.807, 2.05) is 0 Å². The third kappa shape index (κ3) is 3.54. The van der Waals surface area contributed by atoms with Crippen LogP contribution in [0.5, 0.6) is 0 Å². The minimum Gasteiger partial charge on any atom is -0.366 e. The second-order valence-corrected chi connectivity index (χ2v) is 5.36. The number of halogens is 2. The van der Waals surface area contributed by atoms with E-state index in [9.17, 15) is 18.4 Å². The standard InChI is InChI=1S/C13H11F2N3O2S/c14-7-1-2-10(15)6(3-7)4-8-5-9(11(16)19)12(21-8)18-13(17)20/h1-3,5H,4H2,(H2,16,19)(H3,17,18,20). The Morgan fingerprint density at radius 1 is 1.19 bits per heavy atom. The van der Waals surface area contributed by atoms with Crippen LogP contribution in [-0.2, 0) is 6.42 Å². The zero-order valence-electron chi connectivity index (χ0n) is 10.7. The van der Waals surface area contributed by atoms with Gasteiger partial charge < -0.3 is 11.5 Å². The zero-order valence-corrected chi connectivity index (χ0v) is 11.5. The van der Waals surface area contributed by atoms with Crippen LogP contribution in [0.25, 0.3) is 0 Å². The smallest absolute Gasteiger partial charge is 0.317 e. The van der Waals surface area contributed by atoms with Crippen molar-refractivity contribution in [1.29, 1.82) is 0 Å². The van der Waals surface area contributed by atoms with Gasteiger partial charge in [0.1, 0.15) is 16.6 Å². The topological polar surface area (TPSA) is 98.2 Å². The number of carbonyl (C=O) groups excluding carboxylic acids is 2. The Kier molecular flexibility index (Phi) is 4.18. The predicted octanol–water partition coefficient (Wildman–Crippen LogP) is 2.21. The molecule has 0 radical (unpaired) electrons. The number of amides is 3. The molecule has 1 aromatic carbocycles. The molecule has 0 spiro atoms. The number of nitrogens with one attached hydrogen (secondary N) is 1. The van der Waals surface area contributed by atoms with Crippen molar-refractivity contribution in [2.75, 3.05) is 5.32 Å². The molecule has 0 aliphatic carbocycles. The van der Waals surface area contributed by atoms with E-state index in [4.69, 9.17) is 11.5 Å². The van der Waals surface area contributed by atoms with Crippen LogP contribution in [-0.4, -0.2) is 11.9 Å². The maximum absolute atomic E-state index is 13.6. The van der Waals surface area contributed by atoms with Crippen LogP contribution in [0.1, 0.15) is 20.8 Å². The third-order valence-electron chi connectivity index (χ3n) is 2.66. The first kappa shape index (κ1) is 14.9. The molecule has 8 heteroatoms. The molecule has 1 aromatic heterocycles. The summed E-state index contributed by atoms with van der Waals surface area (Å²) in [6.45, 7) is 0. The van der Waals surface area contributed by atoms with Crippen molar-refractivity contribution < 1.29 is 18.4 Å². The lowest BCUT2D eigenvalue weighted by molar-refractivity contribution is 0.100. The van der Waals surface area contributed by atoms with E-state index >= 15 is 0 Å². The predicted molar refractivity (Wildman–Crippen MR) is 75.2 cm³/mol. The van der Waals surface area contributed by atoms with Crippen molar-refractivity contribution >= 4 is 28.3 Å². The van der Waals surface area contributed by atoms with Crippen LogP contribution in [0.3, 0.4) is 0 Å². The largest absolute Gasteiger partial charge is 0.366 e. The average molecular weight is 311 g/mol. The van der Waals surface area contributed by atoms with E-state index in [2.05, 4.69) is 5.32 Å². The Balaban J connectivity index is 2.34. The molecule has 2 rings (SSSR count). The van der Waals surface area contributed by atoms with Crippen molar-refractivity contribution in [2.45, 2.75) is 6.42 Å². The van der Waals surface area contributed by atoms with E-state index < -0.39 is 23.6 Å². The first-order valence-electron chi connectivity index (χ1n) is 5.79. The summed E-state index contributed by atoms with van der Waals surface area (Å²) in [6.07, 6.45) is 0.0645. The molecule has 110 valence electrons. The number of anilines is 1. The van der Waals surface area contributed by atoms with Gasteiger partial charge in [-0.1, -0.05) is 0 Å². The van der Waals surface area contributed by atoms with Crippen molar-refractivity contribution in [3.05, 3.63) is 51.9 Å². The molecular weight excluding hydrogens is 300 g/mol. The molecule has 1 heterocycles. The Labute approximate surface area is 122 Å². The minimum absolute atomic E-state index is 0.0645. The summed E-state index contributed by atoms with van der Waals surface area (Å²) >= 11 is 1.02. The molecule has 0 atom stereocenters. The molecule has 21 heavy (non-hydrogen) atoms. The van der Waals surface area contributed by atoms with Crippen molar-refractivity contribution in [2.24, 2.45) is 11.5 Å². The molecule has 2 aromatic rings. The normalized spacial score (nSPS) is 10.4. The van der Waals surface area contributed by atoms with E-state index in [-0.39, 0.29) is 22.5 Å². The maximum Gasteiger partial charge on any atom is 0.317 e. The lowest BCUT2D eigenvalue weighted by Gasteiger charge is -2.01. The van der Waals surface area contributed by atoms with E-state index in [1.165, 1.54) is 6.07 Å². The molecule has 0 bridgehead atoms. The van der Waals surface area contributed by atoms with Crippen molar-refractivity contribution in [1.82, 2.24) is 0 Å². The van der Waals surface area contributed by atoms with E-state index in [0.717, 1.165) is 29.5 Å². The molecule has 0 aliphatic heterocycles. The fraction of sp³-hybridized carbons (Fsp3) is 0.0769. The van der Waals surface area contributed by atoms with Crippen LogP contribution < -0.4 is 16.8 Å². The molecule has 0 aliphatic rings. The molecule has 0 fully saturated rings. The second-order valence-electron chi connectivity index (χ2n) is 4.22. The van der Waals surface area contributed by atoms with Gasteiger partial charge in [0.2, 0.25) is 0 Å².